The average molecular weight is 291 g/mol. The second kappa shape index (κ2) is 6.99. The van der Waals surface area contributed by atoms with Gasteiger partial charge in [0.15, 0.2) is 0 Å². The number of nitro groups is 1. The lowest BCUT2D eigenvalue weighted by molar-refractivity contribution is -0.385. The first-order chi connectivity index (χ1) is 10.1. The Hall–Kier alpha value is -2.21. The molecule has 2 aromatic rings. The number of benzene rings is 1. The molecule has 1 aromatic carbocycles. The zero-order chi connectivity index (χ0) is 15.2. The first-order valence-electron chi connectivity index (χ1n) is 6.87. The number of nitrogens with zero attached hydrogens (tertiary/aromatic N) is 2. The molecule has 0 radical (unpaired) electrons. The minimum Gasteiger partial charge on any atom is -0.350 e. The molecule has 0 amide bonds. The number of halogens is 1. The van der Waals surface area contributed by atoms with Gasteiger partial charge in [-0.1, -0.05) is 6.92 Å². The van der Waals surface area contributed by atoms with Crippen LogP contribution in [0.4, 0.5) is 10.1 Å². The van der Waals surface area contributed by atoms with Crippen LogP contribution in [0.15, 0.2) is 36.7 Å². The fraction of sp³-hybridized carbons (Fsp3) is 0.333. The number of nitrogens with one attached hydrogen (secondary N) is 1. The summed E-state index contributed by atoms with van der Waals surface area (Å²) in [5.41, 5.74) is 1.49. The molecule has 0 spiro atoms. The van der Waals surface area contributed by atoms with Crippen LogP contribution in [-0.4, -0.2) is 16.0 Å². The van der Waals surface area contributed by atoms with E-state index in [0.29, 0.717) is 12.1 Å². The van der Waals surface area contributed by atoms with E-state index in [9.17, 15) is 14.5 Å². The van der Waals surface area contributed by atoms with E-state index >= 15 is 0 Å². The second-order valence-electron chi connectivity index (χ2n) is 4.94. The van der Waals surface area contributed by atoms with Gasteiger partial charge in [0.05, 0.1) is 11.0 Å². The van der Waals surface area contributed by atoms with Gasteiger partial charge in [-0.3, -0.25) is 10.1 Å². The number of aromatic nitrogens is 1. The molecule has 112 valence electrons. The number of nitro benzene ring substituents is 1. The molecule has 21 heavy (non-hydrogen) atoms. The number of rotatable bonds is 7. The van der Waals surface area contributed by atoms with Gasteiger partial charge < -0.3 is 9.88 Å². The van der Waals surface area contributed by atoms with Crippen LogP contribution in [0.3, 0.4) is 0 Å². The van der Waals surface area contributed by atoms with Crippen LogP contribution in [0.25, 0.3) is 0 Å². The van der Waals surface area contributed by atoms with E-state index in [1.807, 2.05) is 23.0 Å². The van der Waals surface area contributed by atoms with E-state index in [-0.39, 0.29) is 5.69 Å². The van der Waals surface area contributed by atoms with E-state index in [4.69, 9.17) is 0 Å². The molecule has 0 saturated carbocycles. The SMILES string of the molecule is CCCNCc1ccn(Cc2cc(F)cc([N+](=O)[O-])c2)c1. The highest BCUT2D eigenvalue weighted by molar-refractivity contribution is 5.35. The van der Waals surface area contributed by atoms with Crippen molar-refractivity contribution < 1.29 is 9.31 Å². The summed E-state index contributed by atoms with van der Waals surface area (Å²) in [5.74, 6) is -0.587. The molecule has 2 rings (SSSR count). The molecule has 0 saturated heterocycles. The summed E-state index contributed by atoms with van der Waals surface area (Å²) in [4.78, 5) is 10.2. The van der Waals surface area contributed by atoms with Crippen molar-refractivity contribution in [3.8, 4) is 0 Å². The van der Waals surface area contributed by atoms with Crippen molar-refractivity contribution in [3.63, 3.8) is 0 Å². The van der Waals surface area contributed by atoms with Crippen molar-refractivity contribution in [2.24, 2.45) is 0 Å². The number of hydrogen-bond donors (Lipinski definition) is 1. The monoisotopic (exact) mass is 291 g/mol. The Kier molecular flexibility index (Phi) is 5.05. The van der Waals surface area contributed by atoms with Gasteiger partial charge in [-0.2, -0.15) is 0 Å². The van der Waals surface area contributed by atoms with Crippen LogP contribution in [-0.2, 0) is 13.1 Å². The first kappa shape index (κ1) is 15.2. The van der Waals surface area contributed by atoms with Crippen LogP contribution < -0.4 is 5.32 Å². The summed E-state index contributed by atoms with van der Waals surface area (Å²) in [7, 11) is 0. The first-order valence-corrected chi connectivity index (χ1v) is 6.87. The van der Waals surface area contributed by atoms with Crippen LogP contribution in [0.1, 0.15) is 24.5 Å². The van der Waals surface area contributed by atoms with E-state index in [0.717, 1.165) is 31.1 Å². The Morgan fingerprint density at radius 2 is 2.14 bits per heavy atom. The quantitative estimate of drug-likeness (QED) is 0.484. The van der Waals surface area contributed by atoms with Crippen LogP contribution in [0.5, 0.6) is 0 Å². The Balaban J connectivity index is 2.06. The highest BCUT2D eigenvalue weighted by atomic mass is 19.1. The lowest BCUT2D eigenvalue weighted by Gasteiger charge is -2.04. The highest BCUT2D eigenvalue weighted by Crippen LogP contribution is 2.17. The minimum atomic E-state index is -0.587. The minimum absolute atomic E-state index is 0.220. The van der Waals surface area contributed by atoms with Crippen LogP contribution in [0, 0.1) is 15.9 Å². The summed E-state index contributed by atoms with van der Waals surface area (Å²) in [5, 5.41) is 14.0. The number of hydrogen-bond acceptors (Lipinski definition) is 3. The molecule has 6 heteroatoms. The second-order valence-corrected chi connectivity index (χ2v) is 4.94. The van der Waals surface area contributed by atoms with Gasteiger partial charge in [-0.05, 0) is 36.2 Å². The molecule has 0 aliphatic heterocycles. The van der Waals surface area contributed by atoms with Gasteiger partial charge in [0.2, 0.25) is 0 Å². The predicted molar refractivity (Wildman–Crippen MR) is 78.6 cm³/mol. The molecule has 1 heterocycles. The third-order valence-electron chi connectivity index (χ3n) is 3.09. The predicted octanol–water partition coefficient (Wildman–Crippen LogP) is 3.08. The highest BCUT2D eigenvalue weighted by Gasteiger charge is 2.10. The van der Waals surface area contributed by atoms with Gasteiger partial charge in [0, 0.05) is 31.5 Å². The third kappa shape index (κ3) is 4.39. The Bertz CT molecular complexity index is 625. The Morgan fingerprint density at radius 3 is 2.86 bits per heavy atom. The Labute approximate surface area is 122 Å². The lowest BCUT2D eigenvalue weighted by atomic mass is 10.2. The van der Waals surface area contributed by atoms with Crippen LogP contribution >= 0.6 is 0 Å². The van der Waals surface area contributed by atoms with E-state index in [1.54, 1.807) is 0 Å². The lowest BCUT2D eigenvalue weighted by Crippen LogP contribution is -2.13. The maximum atomic E-state index is 13.4. The molecular weight excluding hydrogens is 273 g/mol. The molecule has 0 unspecified atom stereocenters. The molecule has 0 aliphatic rings. The zero-order valence-corrected chi connectivity index (χ0v) is 11.9. The van der Waals surface area contributed by atoms with Crippen molar-refractivity contribution in [1.82, 2.24) is 9.88 Å². The topological polar surface area (TPSA) is 60.1 Å². The van der Waals surface area contributed by atoms with Gasteiger partial charge >= 0.3 is 0 Å². The molecule has 0 aliphatic carbocycles. The summed E-state index contributed by atoms with van der Waals surface area (Å²) < 4.78 is 15.3. The van der Waals surface area contributed by atoms with Gasteiger partial charge in [0.1, 0.15) is 5.82 Å². The number of non-ortho nitro benzene ring substituents is 1. The van der Waals surface area contributed by atoms with Crippen LogP contribution in [0.2, 0.25) is 0 Å². The Morgan fingerprint density at radius 1 is 1.33 bits per heavy atom. The molecule has 0 bridgehead atoms. The standard InChI is InChI=1S/C15H18FN3O2/c1-2-4-17-9-12-3-5-18(10-12)11-13-6-14(16)8-15(7-13)19(20)21/h3,5-8,10,17H,2,4,9,11H2,1H3. The van der Waals surface area contributed by atoms with Crippen molar-refractivity contribution in [2.45, 2.75) is 26.4 Å². The molecule has 1 N–H and O–H groups in total. The summed E-state index contributed by atoms with van der Waals surface area (Å²) in [6.07, 6.45) is 4.92. The third-order valence-corrected chi connectivity index (χ3v) is 3.09. The van der Waals surface area contributed by atoms with Gasteiger partial charge in [0.25, 0.3) is 5.69 Å². The maximum Gasteiger partial charge on any atom is 0.272 e. The van der Waals surface area contributed by atoms with Crippen molar-refractivity contribution in [1.29, 1.82) is 0 Å². The smallest absolute Gasteiger partial charge is 0.272 e. The summed E-state index contributed by atoms with van der Waals surface area (Å²) in [6.45, 7) is 4.26. The van der Waals surface area contributed by atoms with Crippen molar-refractivity contribution >= 4 is 5.69 Å². The van der Waals surface area contributed by atoms with E-state index in [1.165, 1.54) is 12.1 Å². The largest absolute Gasteiger partial charge is 0.350 e. The molecule has 5 nitrogen and oxygen atoms in total. The average Bonchev–Trinajstić information content (AvgIpc) is 2.86. The maximum absolute atomic E-state index is 13.4. The van der Waals surface area contributed by atoms with Gasteiger partial charge in [-0.15, -0.1) is 0 Å². The molecule has 0 fully saturated rings. The zero-order valence-electron chi connectivity index (χ0n) is 11.9. The normalized spacial score (nSPS) is 10.8. The molecular formula is C15H18FN3O2. The summed E-state index contributed by atoms with van der Waals surface area (Å²) in [6, 6.07) is 5.63. The fourth-order valence-corrected chi connectivity index (χ4v) is 2.14. The summed E-state index contributed by atoms with van der Waals surface area (Å²) >= 11 is 0. The molecule has 1 aromatic heterocycles. The van der Waals surface area contributed by atoms with E-state index < -0.39 is 10.7 Å². The molecule has 0 atom stereocenters. The van der Waals surface area contributed by atoms with Crippen molar-refractivity contribution in [2.75, 3.05) is 6.54 Å². The fourth-order valence-electron chi connectivity index (χ4n) is 2.14. The van der Waals surface area contributed by atoms with E-state index in [2.05, 4.69) is 12.2 Å². The van der Waals surface area contributed by atoms with Gasteiger partial charge in [-0.25, -0.2) is 4.39 Å². The van der Waals surface area contributed by atoms with Crippen molar-refractivity contribution in [3.05, 3.63) is 63.7 Å².